The Hall–Kier alpha value is -3.04. The van der Waals surface area contributed by atoms with Gasteiger partial charge in [-0.25, -0.2) is 15.0 Å². The van der Waals surface area contributed by atoms with Crippen LogP contribution in [0.4, 0.5) is 19.1 Å². The Balaban J connectivity index is 1.51. The molecule has 0 saturated carbocycles. The molecule has 0 spiro atoms. The number of rotatable bonds is 4. The van der Waals surface area contributed by atoms with Gasteiger partial charge in [-0.3, -0.25) is 0 Å². The van der Waals surface area contributed by atoms with Crippen LogP contribution in [0.15, 0.2) is 47.7 Å². The number of anilines is 1. The molecule has 2 N–H and O–H groups in total. The van der Waals surface area contributed by atoms with Crippen molar-refractivity contribution < 1.29 is 17.9 Å². The molecule has 2 aromatic rings. The number of nitrogens with two attached hydrogens (primary N) is 1. The van der Waals surface area contributed by atoms with Crippen LogP contribution >= 0.6 is 0 Å². The summed E-state index contributed by atoms with van der Waals surface area (Å²) in [6.07, 6.45) is -1.29. The molecule has 1 aliphatic heterocycles. The third-order valence-corrected chi connectivity index (χ3v) is 4.02. The van der Waals surface area contributed by atoms with Gasteiger partial charge in [0.05, 0.1) is 6.54 Å². The average Bonchev–Trinajstić information content (AvgIpc) is 2.67. The van der Waals surface area contributed by atoms with Crippen molar-refractivity contribution >= 4 is 11.9 Å². The summed E-state index contributed by atoms with van der Waals surface area (Å²) in [4.78, 5) is 16.8. The van der Waals surface area contributed by atoms with Crippen molar-refractivity contribution in [1.82, 2.24) is 14.9 Å². The molecule has 0 bridgehead atoms. The summed E-state index contributed by atoms with van der Waals surface area (Å²) < 4.78 is 40.3. The maximum absolute atomic E-state index is 12.2. The molecule has 2 heterocycles. The van der Waals surface area contributed by atoms with Crippen LogP contribution in [0.5, 0.6) is 5.75 Å². The Labute approximate surface area is 154 Å². The van der Waals surface area contributed by atoms with Crippen molar-refractivity contribution in [2.24, 2.45) is 10.7 Å². The number of hydrogen-bond acceptors (Lipinski definition) is 5. The maximum Gasteiger partial charge on any atom is 0.573 e. The lowest BCUT2D eigenvalue weighted by Crippen LogP contribution is -2.51. The molecule has 3 rings (SSSR count). The number of aromatic nitrogens is 2. The molecule has 1 aliphatic rings. The Morgan fingerprint density at radius 3 is 2.30 bits per heavy atom. The SMILES string of the molecule is NC(=NCc1ccc(OC(F)(F)F)cc1)N1CCN(c2ncccn2)CC1. The standard InChI is InChI=1S/C17H19F3N6O/c18-17(19,20)27-14-4-2-13(3-5-14)12-24-15(21)25-8-10-26(11-9-25)16-22-6-1-7-23-16/h1-7H,8-12H2,(H2,21,24). The van der Waals surface area contributed by atoms with Crippen molar-refractivity contribution in [2.75, 3.05) is 31.1 Å². The van der Waals surface area contributed by atoms with E-state index in [1.165, 1.54) is 24.3 Å². The van der Waals surface area contributed by atoms with Crippen molar-refractivity contribution in [1.29, 1.82) is 0 Å². The fourth-order valence-electron chi connectivity index (χ4n) is 2.66. The van der Waals surface area contributed by atoms with Crippen LogP contribution in [0.2, 0.25) is 0 Å². The number of benzene rings is 1. The van der Waals surface area contributed by atoms with Gasteiger partial charge >= 0.3 is 6.36 Å². The van der Waals surface area contributed by atoms with Crippen LogP contribution in [0.25, 0.3) is 0 Å². The van der Waals surface area contributed by atoms with E-state index in [1.807, 2.05) is 4.90 Å². The molecule has 1 aromatic carbocycles. The number of aliphatic imine (C=N–C) groups is 1. The number of halogens is 3. The summed E-state index contributed by atoms with van der Waals surface area (Å²) in [7, 11) is 0. The number of alkyl halides is 3. The smallest absolute Gasteiger partial charge is 0.406 e. The van der Waals surface area contributed by atoms with E-state index >= 15 is 0 Å². The highest BCUT2D eigenvalue weighted by atomic mass is 19.4. The molecule has 1 aromatic heterocycles. The van der Waals surface area contributed by atoms with Crippen molar-refractivity contribution in [3.05, 3.63) is 48.3 Å². The minimum Gasteiger partial charge on any atom is -0.406 e. The van der Waals surface area contributed by atoms with E-state index in [4.69, 9.17) is 5.73 Å². The van der Waals surface area contributed by atoms with Crippen LogP contribution in [0.1, 0.15) is 5.56 Å². The first-order chi connectivity index (χ1) is 12.9. The summed E-state index contributed by atoms with van der Waals surface area (Å²) in [6, 6.07) is 7.34. The molecule has 0 atom stereocenters. The number of hydrogen-bond donors (Lipinski definition) is 1. The van der Waals surface area contributed by atoms with Gasteiger partial charge in [0.15, 0.2) is 5.96 Å². The molecular weight excluding hydrogens is 361 g/mol. The molecule has 144 valence electrons. The monoisotopic (exact) mass is 380 g/mol. The number of ether oxygens (including phenoxy) is 1. The second-order valence-electron chi connectivity index (χ2n) is 5.89. The van der Waals surface area contributed by atoms with Crippen LogP contribution in [-0.4, -0.2) is 53.4 Å². The maximum atomic E-state index is 12.2. The molecule has 7 nitrogen and oxygen atoms in total. The van der Waals surface area contributed by atoms with Gasteiger partial charge in [-0.15, -0.1) is 13.2 Å². The third kappa shape index (κ3) is 5.47. The summed E-state index contributed by atoms with van der Waals surface area (Å²) >= 11 is 0. The van der Waals surface area contributed by atoms with Crippen LogP contribution in [-0.2, 0) is 6.54 Å². The quantitative estimate of drug-likeness (QED) is 0.646. The first-order valence-electron chi connectivity index (χ1n) is 8.32. The Morgan fingerprint density at radius 2 is 1.70 bits per heavy atom. The van der Waals surface area contributed by atoms with Crippen LogP contribution in [0.3, 0.4) is 0 Å². The van der Waals surface area contributed by atoms with Crippen molar-refractivity contribution in [3.63, 3.8) is 0 Å². The second kappa shape index (κ2) is 8.11. The molecule has 1 saturated heterocycles. The lowest BCUT2D eigenvalue weighted by atomic mass is 10.2. The Bertz CT molecular complexity index is 758. The van der Waals surface area contributed by atoms with E-state index in [0.717, 1.165) is 18.7 Å². The molecule has 0 radical (unpaired) electrons. The Morgan fingerprint density at radius 1 is 1.07 bits per heavy atom. The molecule has 10 heteroatoms. The van der Waals surface area contributed by atoms with Gasteiger partial charge < -0.3 is 20.3 Å². The molecule has 0 amide bonds. The minimum absolute atomic E-state index is 0.262. The largest absolute Gasteiger partial charge is 0.573 e. The van der Waals surface area contributed by atoms with Crippen LogP contribution in [0, 0.1) is 0 Å². The van der Waals surface area contributed by atoms with Gasteiger partial charge in [0, 0.05) is 38.6 Å². The lowest BCUT2D eigenvalue weighted by Gasteiger charge is -2.35. The van der Waals surface area contributed by atoms with Gasteiger partial charge in [0.25, 0.3) is 0 Å². The lowest BCUT2D eigenvalue weighted by molar-refractivity contribution is -0.274. The van der Waals surface area contributed by atoms with Gasteiger partial charge in [0.1, 0.15) is 5.75 Å². The van der Waals surface area contributed by atoms with Gasteiger partial charge in [-0.2, -0.15) is 0 Å². The zero-order valence-corrected chi connectivity index (χ0v) is 14.4. The highest BCUT2D eigenvalue weighted by molar-refractivity contribution is 5.78. The van der Waals surface area contributed by atoms with E-state index in [2.05, 4.69) is 24.6 Å². The fraction of sp³-hybridized carbons (Fsp3) is 0.353. The summed E-state index contributed by atoms with van der Waals surface area (Å²) in [6.45, 7) is 3.10. The van der Waals surface area contributed by atoms with Crippen LogP contribution < -0.4 is 15.4 Å². The van der Waals surface area contributed by atoms with Crippen molar-refractivity contribution in [3.8, 4) is 5.75 Å². The fourth-order valence-corrected chi connectivity index (χ4v) is 2.66. The van der Waals surface area contributed by atoms with E-state index in [1.54, 1.807) is 18.5 Å². The van der Waals surface area contributed by atoms with Crippen molar-refractivity contribution in [2.45, 2.75) is 12.9 Å². The molecule has 0 aliphatic carbocycles. The summed E-state index contributed by atoms with van der Waals surface area (Å²) in [5, 5.41) is 0. The third-order valence-electron chi connectivity index (χ3n) is 4.02. The summed E-state index contributed by atoms with van der Waals surface area (Å²) in [5.74, 6) is 0.829. The van der Waals surface area contributed by atoms with E-state index in [0.29, 0.717) is 25.0 Å². The van der Waals surface area contributed by atoms with Gasteiger partial charge in [-0.1, -0.05) is 12.1 Å². The van der Waals surface area contributed by atoms with E-state index < -0.39 is 6.36 Å². The Kier molecular flexibility index (Phi) is 5.63. The first-order valence-corrected chi connectivity index (χ1v) is 8.32. The van der Waals surface area contributed by atoms with E-state index in [-0.39, 0.29) is 12.3 Å². The number of guanidine groups is 1. The molecule has 0 unspecified atom stereocenters. The minimum atomic E-state index is -4.70. The first kappa shape index (κ1) is 18.7. The normalized spacial score (nSPS) is 15.7. The molecular formula is C17H19F3N6O. The molecule has 1 fully saturated rings. The predicted octanol–water partition coefficient (Wildman–Crippen LogP) is 2.01. The van der Waals surface area contributed by atoms with Gasteiger partial charge in [0.2, 0.25) is 5.95 Å². The van der Waals surface area contributed by atoms with Gasteiger partial charge in [-0.05, 0) is 23.8 Å². The number of nitrogens with zero attached hydrogens (tertiary/aromatic N) is 5. The topological polar surface area (TPSA) is 79.9 Å². The summed E-state index contributed by atoms with van der Waals surface area (Å²) in [5.41, 5.74) is 6.79. The predicted molar refractivity (Wildman–Crippen MR) is 94.3 cm³/mol. The zero-order valence-electron chi connectivity index (χ0n) is 14.4. The molecule has 27 heavy (non-hydrogen) atoms. The zero-order chi connectivity index (χ0) is 19.3. The highest BCUT2D eigenvalue weighted by Crippen LogP contribution is 2.22. The number of piperazine rings is 1. The highest BCUT2D eigenvalue weighted by Gasteiger charge is 2.30. The second-order valence-corrected chi connectivity index (χ2v) is 5.89. The van der Waals surface area contributed by atoms with E-state index in [9.17, 15) is 13.2 Å². The average molecular weight is 380 g/mol.